The van der Waals surface area contributed by atoms with E-state index in [4.69, 9.17) is 10.7 Å². The van der Waals surface area contributed by atoms with E-state index in [1.165, 1.54) is 11.3 Å². The van der Waals surface area contributed by atoms with Gasteiger partial charge in [-0.15, -0.1) is 11.3 Å². The third kappa shape index (κ3) is 2.55. The molecular formula is C14H24N2S. The molecule has 0 bridgehead atoms. The Labute approximate surface area is 109 Å². The van der Waals surface area contributed by atoms with E-state index >= 15 is 0 Å². The topological polar surface area (TPSA) is 38.9 Å². The number of rotatable bonds is 1. The van der Waals surface area contributed by atoms with E-state index in [1.807, 2.05) is 0 Å². The lowest BCUT2D eigenvalue weighted by Crippen LogP contribution is -2.46. The van der Waals surface area contributed by atoms with Gasteiger partial charge in [0.2, 0.25) is 0 Å². The predicted octanol–water partition coefficient (Wildman–Crippen LogP) is 3.76. The van der Waals surface area contributed by atoms with Crippen molar-refractivity contribution in [1.29, 1.82) is 0 Å². The van der Waals surface area contributed by atoms with Crippen LogP contribution in [0.5, 0.6) is 0 Å². The maximum absolute atomic E-state index is 6.68. The molecule has 0 spiro atoms. The fourth-order valence-corrected chi connectivity index (χ4v) is 4.51. The lowest BCUT2D eigenvalue weighted by Gasteiger charge is -2.44. The SMILES string of the molecule is Cc1nc(C2(N)CC(C)CC(C)(C)C2)sc1C. The zero-order chi connectivity index (χ0) is 12.8. The van der Waals surface area contributed by atoms with Gasteiger partial charge in [0.05, 0.1) is 11.2 Å². The minimum Gasteiger partial charge on any atom is -0.319 e. The van der Waals surface area contributed by atoms with Gasteiger partial charge < -0.3 is 5.73 Å². The van der Waals surface area contributed by atoms with Crippen LogP contribution in [-0.4, -0.2) is 4.98 Å². The Morgan fingerprint density at radius 3 is 2.41 bits per heavy atom. The van der Waals surface area contributed by atoms with Crippen molar-refractivity contribution in [1.82, 2.24) is 4.98 Å². The van der Waals surface area contributed by atoms with Crippen molar-refractivity contribution in [3.63, 3.8) is 0 Å². The summed E-state index contributed by atoms with van der Waals surface area (Å²) in [4.78, 5) is 6.01. The highest BCUT2D eigenvalue weighted by Crippen LogP contribution is 2.48. The normalized spacial score (nSPS) is 32.7. The first-order valence-electron chi connectivity index (χ1n) is 6.45. The largest absolute Gasteiger partial charge is 0.319 e. The molecule has 2 atom stereocenters. The van der Waals surface area contributed by atoms with Crippen LogP contribution in [0.1, 0.15) is 55.6 Å². The van der Waals surface area contributed by atoms with Crippen molar-refractivity contribution in [3.05, 3.63) is 15.6 Å². The molecule has 0 aromatic carbocycles. The lowest BCUT2D eigenvalue weighted by atomic mass is 9.65. The average Bonchev–Trinajstić information content (AvgIpc) is 2.43. The Hall–Kier alpha value is -0.410. The first kappa shape index (κ1) is 13.0. The van der Waals surface area contributed by atoms with Gasteiger partial charge in [-0.05, 0) is 44.4 Å². The Balaban J connectivity index is 2.35. The fourth-order valence-electron chi connectivity index (χ4n) is 3.48. The summed E-state index contributed by atoms with van der Waals surface area (Å²) in [5.74, 6) is 0.688. The van der Waals surface area contributed by atoms with Gasteiger partial charge >= 0.3 is 0 Å². The van der Waals surface area contributed by atoms with Gasteiger partial charge in [0, 0.05) is 4.88 Å². The number of hydrogen-bond acceptors (Lipinski definition) is 3. The van der Waals surface area contributed by atoms with Crippen LogP contribution >= 0.6 is 11.3 Å². The third-order valence-corrected chi connectivity index (χ3v) is 5.15. The summed E-state index contributed by atoms with van der Waals surface area (Å²) in [6.45, 7) is 11.2. The van der Waals surface area contributed by atoms with Crippen molar-refractivity contribution < 1.29 is 0 Å². The van der Waals surface area contributed by atoms with Crippen molar-refractivity contribution >= 4 is 11.3 Å². The number of nitrogens with zero attached hydrogens (tertiary/aromatic N) is 1. The Morgan fingerprint density at radius 2 is 1.94 bits per heavy atom. The van der Waals surface area contributed by atoms with Crippen LogP contribution in [0.3, 0.4) is 0 Å². The first-order chi connectivity index (χ1) is 7.72. The molecule has 1 heterocycles. The predicted molar refractivity (Wildman–Crippen MR) is 74.2 cm³/mol. The van der Waals surface area contributed by atoms with Crippen LogP contribution in [0.15, 0.2) is 0 Å². The van der Waals surface area contributed by atoms with Crippen molar-refractivity contribution in [3.8, 4) is 0 Å². The summed E-state index contributed by atoms with van der Waals surface area (Å²) < 4.78 is 0. The van der Waals surface area contributed by atoms with Crippen LogP contribution < -0.4 is 5.73 Å². The molecule has 17 heavy (non-hydrogen) atoms. The van der Waals surface area contributed by atoms with Gasteiger partial charge in [0.15, 0.2) is 0 Å². The second-order valence-electron chi connectivity index (χ2n) is 6.67. The monoisotopic (exact) mass is 252 g/mol. The van der Waals surface area contributed by atoms with Crippen LogP contribution in [-0.2, 0) is 5.54 Å². The Bertz CT molecular complexity index is 402. The molecule has 0 saturated heterocycles. The van der Waals surface area contributed by atoms with Crippen molar-refractivity contribution in [2.45, 2.75) is 59.4 Å². The third-order valence-electron chi connectivity index (χ3n) is 3.86. The highest BCUT2D eigenvalue weighted by molar-refractivity contribution is 7.11. The number of hydrogen-bond donors (Lipinski definition) is 1. The van der Waals surface area contributed by atoms with E-state index in [-0.39, 0.29) is 5.54 Å². The molecule has 0 aliphatic heterocycles. The summed E-state index contributed by atoms with van der Waals surface area (Å²) in [7, 11) is 0. The Morgan fingerprint density at radius 1 is 1.29 bits per heavy atom. The fraction of sp³-hybridized carbons (Fsp3) is 0.786. The summed E-state index contributed by atoms with van der Waals surface area (Å²) >= 11 is 1.79. The molecule has 2 unspecified atom stereocenters. The molecule has 3 heteroatoms. The highest BCUT2D eigenvalue weighted by Gasteiger charge is 2.43. The maximum Gasteiger partial charge on any atom is 0.113 e. The van der Waals surface area contributed by atoms with Crippen molar-refractivity contribution in [2.24, 2.45) is 17.1 Å². The van der Waals surface area contributed by atoms with Crippen LogP contribution in [0.2, 0.25) is 0 Å². The minimum atomic E-state index is -0.204. The Kier molecular flexibility index (Phi) is 3.11. The van der Waals surface area contributed by atoms with E-state index in [1.54, 1.807) is 11.3 Å². The van der Waals surface area contributed by atoms with Crippen LogP contribution in [0, 0.1) is 25.2 Å². The van der Waals surface area contributed by atoms with E-state index in [0.717, 1.165) is 23.5 Å². The molecule has 2 N–H and O–H groups in total. The van der Waals surface area contributed by atoms with Gasteiger partial charge in [-0.1, -0.05) is 20.8 Å². The molecule has 2 nitrogen and oxygen atoms in total. The average molecular weight is 252 g/mol. The van der Waals surface area contributed by atoms with E-state index < -0.39 is 0 Å². The highest BCUT2D eigenvalue weighted by atomic mass is 32.1. The van der Waals surface area contributed by atoms with Gasteiger partial charge in [-0.3, -0.25) is 0 Å². The summed E-state index contributed by atoms with van der Waals surface area (Å²) in [6, 6.07) is 0. The van der Waals surface area contributed by atoms with Gasteiger partial charge in [-0.25, -0.2) is 4.98 Å². The smallest absolute Gasteiger partial charge is 0.113 e. The number of aromatic nitrogens is 1. The molecule has 1 aromatic heterocycles. The summed E-state index contributed by atoms with van der Waals surface area (Å²) in [5, 5.41) is 1.15. The number of thiazole rings is 1. The number of aryl methyl sites for hydroxylation is 2. The number of nitrogens with two attached hydrogens (primary N) is 1. The minimum absolute atomic E-state index is 0.204. The quantitative estimate of drug-likeness (QED) is 0.826. The summed E-state index contributed by atoms with van der Waals surface area (Å²) in [6.07, 6.45) is 3.40. The first-order valence-corrected chi connectivity index (χ1v) is 7.27. The molecule has 1 aromatic rings. The molecule has 96 valence electrons. The molecular weight excluding hydrogens is 228 g/mol. The van der Waals surface area contributed by atoms with Crippen LogP contribution in [0.4, 0.5) is 0 Å². The second-order valence-corrected chi connectivity index (χ2v) is 7.87. The van der Waals surface area contributed by atoms with E-state index in [0.29, 0.717) is 11.3 Å². The molecule has 1 aliphatic rings. The van der Waals surface area contributed by atoms with Gasteiger partial charge in [-0.2, -0.15) is 0 Å². The standard InChI is InChI=1S/C14H24N2S/c1-9-6-13(4,5)8-14(15,7-9)12-16-10(2)11(3)17-12/h9H,6-8,15H2,1-5H3. The van der Waals surface area contributed by atoms with E-state index in [2.05, 4.69) is 34.6 Å². The zero-order valence-electron chi connectivity index (χ0n) is 11.6. The molecule has 0 radical (unpaired) electrons. The maximum atomic E-state index is 6.68. The lowest BCUT2D eigenvalue weighted by molar-refractivity contribution is 0.107. The second kappa shape index (κ2) is 4.06. The van der Waals surface area contributed by atoms with Crippen LogP contribution in [0.25, 0.3) is 0 Å². The molecule has 1 saturated carbocycles. The van der Waals surface area contributed by atoms with Crippen molar-refractivity contribution in [2.75, 3.05) is 0 Å². The summed E-state index contributed by atoms with van der Waals surface area (Å²) in [5.41, 5.74) is 7.95. The van der Waals surface area contributed by atoms with E-state index in [9.17, 15) is 0 Å². The molecule has 0 amide bonds. The molecule has 1 fully saturated rings. The van der Waals surface area contributed by atoms with Gasteiger partial charge in [0.1, 0.15) is 5.01 Å². The molecule has 2 rings (SSSR count). The zero-order valence-corrected chi connectivity index (χ0v) is 12.4. The van der Waals surface area contributed by atoms with Gasteiger partial charge in [0.25, 0.3) is 0 Å². The molecule has 1 aliphatic carbocycles.